The number of nitrogens with two attached hydrogens (primary N) is 1. The highest BCUT2D eigenvalue weighted by molar-refractivity contribution is 6.28. The van der Waals surface area contributed by atoms with Crippen molar-refractivity contribution in [3.8, 4) is 0 Å². The molecule has 0 radical (unpaired) electrons. The number of rotatable bonds is 2. The molecule has 0 fully saturated rings. The maximum Gasteiger partial charge on any atom is 0.193 e. The van der Waals surface area contributed by atoms with Gasteiger partial charge in [0.15, 0.2) is 5.22 Å². The van der Waals surface area contributed by atoms with E-state index in [-0.39, 0.29) is 6.04 Å². The summed E-state index contributed by atoms with van der Waals surface area (Å²) in [5, 5.41) is 4.38. The monoisotopic (exact) mass is 211 g/mol. The van der Waals surface area contributed by atoms with Gasteiger partial charge in [0, 0.05) is 13.2 Å². The van der Waals surface area contributed by atoms with Crippen molar-refractivity contribution in [2.45, 2.75) is 6.04 Å². The number of hydrogen-bond acceptors (Lipinski definition) is 3. The quantitative estimate of drug-likeness (QED) is 0.823. The molecule has 4 nitrogen and oxygen atoms in total. The van der Waals surface area contributed by atoms with Crippen molar-refractivity contribution in [3.05, 3.63) is 41.1 Å². The molecule has 0 saturated heterocycles. The van der Waals surface area contributed by atoms with E-state index in [9.17, 15) is 0 Å². The molecule has 0 saturated carbocycles. The second-order valence-electron chi connectivity index (χ2n) is 3.00. The van der Waals surface area contributed by atoms with Crippen LogP contribution >= 0.6 is 11.6 Å². The van der Waals surface area contributed by atoms with Crippen molar-refractivity contribution in [2.24, 2.45) is 12.8 Å². The van der Waals surface area contributed by atoms with E-state index in [1.54, 1.807) is 23.0 Å². The van der Waals surface area contributed by atoms with Crippen LogP contribution < -0.4 is 5.73 Å². The Morgan fingerprint density at radius 1 is 1.50 bits per heavy atom. The van der Waals surface area contributed by atoms with Gasteiger partial charge >= 0.3 is 0 Å². The predicted octanol–water partition coefficient (Wildman–Crippen LogP) is 1.71. The van der Waals surface area contributed by atoms with Crippen LogP contribution in [0.2, 0.25) is 5.22 Å². The van der Waals surface area contributed by atoms with Gasteiger partial charge in [-0.25, -0.2) is 0 Å². The molecule has 5 heteroatoms. The Morgan fingerprint density at radius 2 is 2.29 bits per heavy atom. The van der Waals surface area contributed by atoms with Crippen LogP contribution in [-0.4, -0.2) is 9.78 Å². The Labute approximate surface area is 86.3 Å². The molecular formula is C9H10ClN3O. The van der Waals surface area contributed by atoms with Gasteiger partial charge in [0.05, 0.1) is 5.69 Å². The Bertz CT molecular complexity index is 435. The molecule has 0 aliphatic heterocycles. The number of halogens is 1. The minimum atomic E-state index is -0.324. The number of aryl methyl sites for hydroxylation is 1. The van der Waals surface area contributed by atoms with Crippen LogP contribution in [-0.2, 0) is 7.05 Å². The van der Waals surface area contributed by atoms with E-state index in [1.165, 1.54) is 0 Å². The fraction of sp³-hybridized carbons (Fsp3) is 0.222. The number of nitrogens with zero attached hydrogens (tertiary/aromatic N) is 2. The summed E-state index contributed by atoms with van der Waals surface area (Å²) in [6.45, 7) is 0. The lowest BCUT2D eigenvalue weighted by molar-refractivity contribution is 0.480. The van der Waals surface area contributed by atoms with Crippen molar-refractivity contribution in [3.63, 3.8) is 0 Å². The molecule has 74 valence electrons. The second-order valence-corrected chi connectivity index (χ2v) is 3.37. The lowest BCUT2D eigenvalue weighted by Crippen LogP contribution is -2.15. The van der Waals surface area contributed by atoms with Gasteiger partial charge in [0.2, 0.25) is 0 Å². The molecule has 0 amide bonds. The SMILES string of the molecule is Cn1nccc1C(N)c1ccc(Cl)o1. The third-order valence-electron chi connectivity index (χ3n) is 2.08. The van der Waals surface area contributed by atoms with E-state index in [0.717, 1.165) is 5.69 Å². The van der Waals surface area contributed by atoms with Crippen molar-refractivity contribution >= 4 is 11.6 Å². The zero-order valence-electron chi connectivity index (χ0n) is 7.64. The van der Waals surface area contributed by atoms with E-state index in [2.05, 4.69) is 5.10 Å². The molecular weight excluding hydrogens is 202 g/mol. The molecule has 1 unspecified atom stereocenters. The van der Waals surface area contributed by atoms with E-state index in [0.29, 0.717) is 11.0 Å². The number of aromatic nitrogens is 2. The molecule has 0 aliphatic rings. The Kier molecular flexibility index (Phi) is 2.31. The lowest BCUT2D eigenvalue weighted by Gasteiger charge is -2.08. The van der Waals surface area contributed by atoms with Crippen molar-refractivity contribution in [1.29, 1.82) is 0 Å². The first-order valence-electron chi connectivity index (χ1n) is 4.17. The molecule has 0 aliphatic carbocycles. The molecule has 0 bridgehead atoms. The fourth-order valence-corrected chi connectivity index (χ4v) is 1.48. The minimum absolute atomic E-state index is 0.324. The number of hydrogen-bond donors (Lipinski definition) is 1. The van der Waals surface area contributed by atoms with Gasteiger partial charge in [0.25, 0.3) is 0 Å². The van der Waals surface area contributed by atoms with Gasteiger partial charge in [-0.15, -0.1) is 0 Å². The van der Waals surface area contributed by atoms with Crippen LogP contribution in [0.5, 0.6) is 0 Å². The Morgan fingerprint density at radius 3 is 2.79 bits per heavy atom. The Hall–Kier alpha value is -1.26. The molecule has 1 atom stereocenters. The van der Waals surface area contributed by atoms with Gasteiger partial charge in [0.1, 0.15) is 11.8 Å². The van der Waals surface area contributed by atoms with Crippen LogP contribution in [0.1, 0.15) is 17.5 Å². The van der Waals surface area contributed by atoms with Gasteiger partial charge in [-0.3, -0.25) is 4.68 Å². The van der Waals surface area contributed by atoms with Gasteiger partial charge in [-0.2, -0.15) is 5.10 Å². The summed E-state index contributed by atoms with van der Waals surface area (Å²) in [7, 11) is 1.83. The smallest absolute Gasteiger partial charge is 0.193 e. The first-order valence-corrected chi connectivity index (χ1v) is 4.55. The summed E-state index contributed by atoms with van der Waals surface area (Å²) >= 11 is 5.66. The minimum Gasteiger partial charge on any atom is -0.448 e. The van der Waals surface area contributed by atoms with Crippen molar-refractivity contribution in [2.75, 3.05) is 0 Å². The standard InChI is InChI=1S/C9H10ClN3O/c1-13-6(4-5-12-13)9(11)7-2-3-8(10)14-7/h2-5,9H,11H2,1H3. The van der Waals surface area contributed by atoms with Gasteiger partial charge in [-0.1, -0.05) is 0 Å². The molecule has 2 heterocycles. The topological polar surface area (TPSA) is 57.0 Å². The van der Waals surface area contributed by atoms with E-state index >= 15 is 0 Å². The first-order chi connectivity index (χ1) is 6.68. The summed E-state index contributed by atoms with van der Waals surface area (Å²) in [6, 6.07) is 4.96. The summed E-state index contributed by atoms with van der Waals surface area (Å²) in [5.41, 5.74) is 6.85. The maximum absolute atomic E-state index is 5.96. The van der Waals surface area contributed by atoms with Crippen molar-refractivity contribution in [1.82, 2.24) is 9.78 Å². The third-order valence-corrected chi connectivity index (χ3v) is 2.28. The predicted molar refractivity (Wildman–Crippen MR) is 53.0 cm³/mol. The molecule has 2 aromatic rings. The lowest BCUT2D eigenvalue weighted by atomic mass is 10.2. The van der Waals surface area contributed by atoms with Crippen molar-refractivity contribution < 1.29 is 4.42 Å². The highest BCUT2D eigenvalue weighted by atomic mass is 35.5. The van der Waals surface area contributed by atoms with Crippen LogP contribution in [0.3, 0.4) is 0 Å². The molecule has 14 heavy (non-hydrogen) atoms. The van der Waals surface area contributed by atoms with Crippen LogP contribution in [0.25, 0.3) is 0 Å². The second kappa shape index (κ2) is 3.48. The average Bonchev–Trinajstić information content (AvgIpc) is 2.73. The zero-order chi connectivity index (χ0) is 10.1. The van der Waals surface area contributed by atoms with Gasteiger partial charge < -0.3 is 10.2 Å². The molecule has 2 rings (SSSR count). The van der Waals surface area contributed by atoms with E-state index < -0.39 is 0 Å². The van der Waals surface area contributed by atoms with Crippen LogP contribution in [0.4, 0.5) is 0 Å². The third kappa shape index (κ3) is 1.54. The molecule has 0 spiro atoms. The largest absolute Gasteiger partial charge is 0.448 e. The van der Waals surface area contributed by atoms with E-state index in [1.807, 2.05) is 13.1 Å². The maximum atomic E-state index is 5.96. The van der Waals surface area contributed by atoms with E-state index in [4.69, 9.17) is 21.8 Å². The summed E-state index contributed by atoms with van der Waals surface area (Å²) in [5.74, 6) is 0.638. The molecule has 2 aromatic heterocycles. The summed E-state index contributed by atoms with van der Waals surface area (Å²) < 4.78 is 6.93. The van der Waals surface area contributed by atoms with Gasteiger partial charge in [-0.05, 0) is 29.8 Å². The normalized spacial score (nSPS) is 13.1. The van der Waals surface area contributed by atoms with Crippen LogP contribution in [0, 0.1) is 0 Å². The Balaban J connectivity index is 2.33. The summed E-state index contributed by atoms with van der Waals surface area (Å²) in [4.78, 5) is 0. The average molecular weight is 212 g/mol. The summed E-state index contributed by atoms with van der Waals surface area (Å²) in [6.07, 6.45) is 1.69. The fourth-order valence-electron chi connectivity index (χ4n) is 1.33. The van der Waals surface area contributed by atoms with Crippen LogP contribution in [0.15, 0.2) is 28.8 Å². The number of furan rings is 1. The zero-order valence-corrected chi connectivity index (χ0v) is 8.40. The highest BCUT2D eigenvalue weighted by Gasteiger charge is 2.15. The highest BCUT2D eigenvalue weighted by Crippen LogP contribution is 2.23. The molecule has 0 aromatic carbocycles. The molecule has 2 N–H and O–H groups in total. The first kappa shape index (κ1) is 9.30.